The molecule has 5 rings (SSSR count). The number of amides is 1. The van der Waals surface area contributed by atoms with Gasteiger partial charge in [-0.1, -0.05) is 43.3 Å². The van der Waals surface area contributed by atoms with Crippen LogP contribution in [0.15, 0.2) is 53.3 Å². The van der Waals surface area contributed by atoms with E-state index in [0.717, 1.165) is 47.7 Å². The van der Waals surface area contributed by atoms with Gasteiger partial charge in [-0.05, 0) is 43.7 Å². The maximum absolute atomic E-state index is 12.8. The molecule has 0 spiro atoms. The van der Waals surface area contributed by atoms with Gasteiger partial charge in [-0.2, -0.15) is 10.2 Å². The summed E-state index contributed by atoms with van der Waals surface area (Å²) in [6.45, 7) is 2.16. The fourth-order valence-corrected chi connectivity index (χ4v) is 5.00. The monoisotopic (exact) mass is 429 g/mol. The SMILES string of the molecule is CCC(CC1CC(NC(=O)c2nn(C)c3ccccc23)C1)c1n[nH]c(=O)c2ccccc12. The van der Waals surface area contributed by atoms with Gasteiger partial charge in [-0.3, -0.25) is 14.3 Å². The highest BCUT2D eigenvalue weighted by atomic mass is 16.2. The highest BCUT2D eigenvalue weighted by Gasteiger charge is 2.33. The Labute approximate surface area is 185 Å². The van der Waals surface area contributed by atoms with Crippen LogP contribution in [0, 0.1) is 5.92 Å². The number of para-hydroxylation sites is 1. The lowest BCUT2D eigenvalue weighted by atomic mass is 9.73. The van der Waals surface area contributed by atoms with Crippen molar-refractivity contribution in [3.05, 3.63) is 70.3 Å². The summed E-state index contributed by atoms with van der Waals surface area (Å²) < 4.78 is 1.75. The molecule has 2 aromatic heterocycles. The number of carbonyl (C=O) groups excluding carboxylic acids is 1. The second kappa shape index (κ2) is 8.22. The molecule has 1 unspecified atom stereocenters. The number of hydrogen-bond donors (Lipinski definition) is 2. The molecule has 32 heavy (non-hydrogen) atoms. The van der Waals surface area contributed by atoms with E-state index in [9.17, 15) is 9.59 Å². The summed E-state index contributed by atoms with van der Waals surface area (Å²) in [6.07, 6.45) is 3.86. The smallest absolute Gasteiger partial charge is 0.272 e. The summed E-state index contributed by atoms with van der Waals surface area (Å²) >= 11 is 0. The predicted octanol–water partition coefficient (Wildman–Crippen LogP) is 3.90. The molecule has 4 aromatic rings. The molecular formula is C25H27N5O2. The Morgan fingerprint density at radius 2 is 1.81 bits per heavy atom. The van der Waals surface area contributed by atoms with Gasteiger partial charge in [0.05, 0.1) is 16.6 Å². The number of hydrogen-bond acceptors (Lipinski definition) is 4. The summed E-state index contributed by atoms with van der Waals surface area (Å²) in [6, 6.07) is 15.6. The second-order valence-corrected chi connectivity index (χ2v) is 8.82. The van der Waals surface area contributed by atoms with Crippen LogP contribution in [0.2, 0.25) is 0 Å². The van der Waals surface area contributed by atoms with E-state index in [-0.39, 0.29) is 23.4 Å². The van der Waals surface area contributed by atoms with Crippen molar-refractivity contribution in [1.29, 1.82) is 0 Å². The fraction of sp³-hybridized carbons (Fsp3) is 0.360. The number of aryl methyl sites for hydroxylation is 1. The molecule has 2 aromatic carbocycles. The first-order chi connectivity index (χ1) is 15.5. The van der Waals surface area contributed by atoms with Crippen LogP contribution >= 0.6 is 0 Å². The number of aromatic nitrogens is 4. The van der Waals surface area contributed by atoms with E-state index in [0.29, 0.717) is 17.0 Å². The van der Waals surface area contributed by atoms with Crippen LogP contribution < -0.4 is 10.9 Å². The van der Waals surface area contributed by atoms with Gasteiger partial charge in [0, 0.05) is 29.8 Å². The Balaban J connectivity index is 1.24. The minimum absolute atomic E-state index is 0.106. The fourth-order valence-electron chi connectivity index (χ4n) is 5.00. The number of nitrogens with one attached hydrogen (secondary N) is 2. The summed E-state index contributed by atoms with van der Waals surface area (Å²) in [5.41, 5.74) is 2.26. The zero-order chi connectivity index (χ0) is 22.2. The molecule has 7 heteroatoms. The van der Waals surface area contributed by atoms with Crippen molar-refractivity contribution in [2.45, 2.75) is 44.6 Å². The molecule has 0 bridgehead atoms. The predicted molar refractivity (Wildman–Crippen MR) is 125 cm³/mol. The minimum Gasteiger partial charge on any atom is -0.348 e. The van der Waals surface area contributed by atoms with E-state index >= 15 is 0 Å². The van der Waals surface area contributed by atoms with Gasteiger partial charge in [-0.25, -0.2) is 5.10 Å². The number of fused-ring (bicyclic) bond motifs is 2. The minimum atomic E-state index is -0.146. The van der Waals surface area contributed by atoms with E-state index in [2.05, 4.69) is 27.5 Å². The Kier molecular flexibility index (Phi) is 5.25. The lowest BCUT2D eigenvalue weighted by molar-refractivity contribution is 0.0877. The van der Waals surface area contributed by atoms with Crippen LogP contribution in [0.1, 0.15) is 54.7 Å². The van der Waals surface area contributed by atoms with E-state index in [1.165, 1.54) is 0 Å². The number of nitrogens with zero attached hydrogens (tertiary/aromatic N) is 3. The van der Waals surface area contributed by atoms with Gasteiger partial charge < -0.3 is 5.32 Å². The third kappa shape index (κ3) is 3.57. The molecule has 1 amide bonds. The van der Waals surface area contributed by atoms with Crippen molar-refractivity contribution < 1.29 is 4.79 Å². The molecule has 1 fully saturated rings. The number of rotatable bonds is 6. The molecule has 0 aliphatic heterocycles. The van der Waals surface area contributed by atoms with Crippen molar-refractivity contribution >= 4 is 27.6 Å². The van der Waals surface area contributed by atoms with Gasteiger partial charge >= 0.3 is 0 Å². The van der Waals surface area contributed by atoms with Crippen LogP contribution in [-0.4, -0.2) is 31.9 Å². The first kappa shape index (κ1) is 20.4. The van der Waals surface area contributed by atoms with Crippen LogP contribution in [0.4, 0.5) is 0 Å². The van der Waals surface area contributed by atoms with E-state index < -0.39 is 0 Å². The quantitative estimate of drug-likeness (QED) is 0.486. The van der Waals surface area contributed by atoms with Gasteiger partial charge in [0.25, 0.3) is 11.5 Å². The van der Waals surface area contributed by atoms with Crippen molar-refractivity contribution in [2.24, 2.45) is 13.0 Å². The van der Waals surface area contributed by atoms with Crippen molar-refractivity contribution in [3.63, 3.8) is 0 Å². The molecule has 1 saturated carbocycles. The van der Waals surface area contributed by atoms with Crippen LogP contribution in [0.5, 0.6) is 0 Å². The van der Waals surface area contributed by atoms with E-state index in [1.54, 1.807) is 4.68 Å². The van der Waals surface area contributed by atoms with Gasteiger partial charge in [0.15, 0.2) is 5.69 Å². The average Bonchev–Trinajstić information content (AvgIpc) is 3.13. The topological polar surface area (TPSA) is 92.7 Å². The summed E-state index contributed by atoms with van der Waals surface area (Å²) in [5, 5.41) is 17.2. The van der Waals surface area contributed by atoms with Crippen LogP contribution in [-0.2, 0) is 7.05 Å². The standard InChI is InChI=1S/C25H27N5O2/c1-3-16(22-18-8-4-5-9-19(18)24(31)28-27-22)12-15-13-17(14-15)26-25(32)23-20-10-6-7-11-21(20)30(2)29-23/h4-11,15-17H,3,12-14H2,1-2H3,(H,26,32)(H,28,31). The van der Waals surface area contributed by atoms with Crippen molar-refractivity contribution in [3.8, 4) is 0 Å². The Morgan fingerprint density at radius 3 is 2.56 bits per heavy atom. The molecule has 1 atom stereocenters. The highest BCUT2D eigenvalue weighted by molar-refractivity contribution is 6.05. The summed E-state index contributed by atoms with van der Waals surface area (Å²) in [5.74, 6) is 0.696. The number of carbonyl (C=O) groups is 1. The van der Waals surface area contributed by atoms with Crippen LogP contribution in [0.3, 0.4) is 0 Å². The summed E-state index contributed by atoms with van der Waals surface area (Å²) in [4.78, 5) is 24.9. The van der Waals surface area contributed by atoms with Crippen molar-refractivity contribution in [2.75, 3.05) is 0 Å². The molecule has 1 aliphatic rings. The van der Waals surface area contributed by atoms with Crippen LogP contribution in [0.25, 0.3) is 21.7 Å². The third-order valence-corrected chi connectivity index (χ3v) is 6.77. The zero-order valence-electron chi connectivity index (χ0n) is 18.3. The zero-order valence-corrected chi connectivity index (χ0v) is 18.3. The number of H-pyrrole nitrogens is 1. The largest absolute Gasteiger partial charge is 0.348 e. The van der Waals surface area contributed by atoms with Gasteiger partial charge in [0.1, 0.15) is 0 Å². The lowest BCUT2D eigenvalue weighted by Gasteiger charge is -2.37. The number of aromatic amines is 1. The number of benzene rings is 2. The molecule has 2 heterocycles. The second-order valence-electron chi connectivity index (χ2n) is 8.82. The third-order valence-electron chi connectivity index (χ3n) is 6.77. The van der Waals surface area contributed by atoms with Crippen molar-refractivity contribution in [1.82, 2.24) is 25.3 Å². The maximum atomic E-state index is 12.8. The lowest BCUT2D eigenvalue weighted by Crippen LogP contribution is -2.44. The molecule has 7 nitrogen and oxygen atoms in total. The highest BCUT2D eigenvalue weighted by Crippen LogP contribution is 2.38. The Morgan fingerprint density at radius 1 is 1.12 bits per heavy atom. The maximum Gasteiger partial charge on any atom is 0.272 e. The first-order valence-corrected chi connectivity index (χ1v) is 11.2. The Hall–Kier alpha value is -3.48. The van der Waals surface area contributed by atoms with Gasteiger partial charge in [0.2, 0.25) is 0 Å². The molecule has 164 valence electrons. The first-order valence-electron chi connectivity index (χ1n) is 11.2. The van der Waals surface area contributed by atoms with E-state index in [4.69, 9.17) is 0 Å². The molecule has 0 radical (unpaired) electrons. The Bertz CT molecular complexity index is 1350. The average molecular weight is 430 g/mol. The molecule has 0 saturated heterocycles. The van der Waals surface area contributed by atoms with Gasteiger partial charge in [-0.15, -0.1) is 0 Å². The molecule has 1 aliphatic carbocycles. The molecular weight excluding hydrogens is 402 g/mol. The summed E-state index contributed by atoms with van der Waals surface area (Å²) in [7, 11) is 1.86. The van der Waals surface area contributed by atoms with E-state index in [1.807, 2.05) is 55.6 Å². The molecule has 2 N–H and O–H groups in total. The normalized spacial score (nSPS) is 19.1.